The molecule has 20 heavy (non-hydrogen) atoms. The van der Waals surface area contributed by atoms with E-state index in [2.05, 4.69) is 5.32 Å². The van der Waals surface area contributed by atoms with E-state index in [0.717, 1.165) is 51.6 Å². The molecule has 1 unspecified atom stereocenters. The van der Waals surface area contributed by atoms with E-state index < -0.39 is 5.60 Å². The summed E-state index contributed by atoms with van der Waals surface area (Å²) < 4.78 is 5.63. The average molecular weight is 283 g/mol. The average Bonchev–Trinajstić information content (AvgIpc) is 2.69. The lowest BCUT2D eigenvalue weighted by atomic mass is 9.94. The van der Waals surface area contributed by atoms with Crippen LogP contribution in [0.25, 0.3) is 0 Å². The van der Waals surface area contributed by atoms with Gasteiger partial charge in [-0.2, -0.15) is 0 Å². The first-order valence-corrected chi connectivity index (χ1v) is 8.29. The highest BCUT2D eigenvalue weighted by Crippen LogP contribution is 2.26. The van der Waals surface area contributed by atoms with Crippen LogP contribution in [0.4, 0.5) is 0 Å². The number of carbonyl (C=O) groups is 1. The van der Waals surface area contributed by atoms with Crippen molar-refractivity contribution in [1.29, 1.82) is 0 Å². The highest BCUT2D eigenvalue weighted by atomic mass is 16.5. The zero-order valence-corrected chi connectivity index (χ0v) is 12.5. The Labute approximate surface area is 122 Å². The van der Waals surface area contributed by atoms with E-state index in [0.29, 0.717) is 13.0 Å². The summed E-state index contributed by atoms with van der Waals surface area (Å²) in [4.78, 5) is 11.9. The quantitative estimate of drug-likeness (QED) is 0.762. The van der Waals surface area contributed by atoms with Crippen molar-refractivity contribution in [3.8, 4) is 0 Å². The summed E-state index contributed by atoms with van der Waals surface area (Å²) >= 11 is 0. The van der Waals surface area contributed by atoms with E-state index in [-0.39, 0.29) is 12.0 Å². The maximum absolute atomic E-state index is 11.9. The second-order valence-electron chi connectivity index (χ2n) is 6.44. The third-order valence-corrected chi connectivity index (χ3v) is 4.62. The molecule has 4 nitrogen and oxygen atoms in total. The monoisotopic (exact) mass is 283 g/mol. The molecule has 1 aliphatic carbocycles. The number of nitrogens with one attached hydrogen (secondary N) is 1. The molecule has 4 heteroatoms. The second kappa shape index (κ2) is 7.99. The minimum Gasteiger partial charge on any atom is -0.388 e. The van der Waals surface area contributed by atoms with Crippen LogP contribution in [-0.4, -0.2) is 35.9 Å². The lowest BCUT2D eigenvalue weighted by Gasteiger charge is -2.27. The van der Waals surface area contributed by atoms with Gasteiger partial charge in [0.2, 0.25) is 5.91 Å². The van der Waals surface area contributed by atoms with Crippen LogP contribution < -0.4 is 5.32 Å². The Morgan fingerprint density at radius 3 is 2.55 bits per heavy atom. The third-order valence-electron chi connectivity index (χ3n) is 4.62. The minimum absolute atomic E-state index is 0.0526. The van der Waals surface area contributed by atoms with Gasteiger partial charge in [0, 0.05) is 19.6 Å². The molecule has 0 radical (unpaired) electrons. The Balaban J connectivity index is 1.63. The molecular formula is C16H29NO3. The van der Waals surface area contributed by atoms with Gasteiger partial charge < -0.3 is 15.2 Å². The molecule has 0 bridgehead atoms. The minimum atomic E-state index is -0.673. The summed E-state index contributed by atoms with van der Waals surface area (Å²) in [7, 11) is 0. The lowest BCUT2D eigenvalue weighted by Crippen LogP contribution is -2.42. The Bertz CT molecular complexity index is 292. The van der Waals surface area contributed by atoms with Crippen LogP contribution in [0.1, 0.15) is 70.6 Å². The number of hydrogen-bond acceptors (Lipinski definition) is 3. The van der Waals surface area contributed by atoms with Gasteiger partial charge in [-0.3, -0.25) is 4.79 Å². The molecule has 1 saturated carbocycles. The predicted molar refractivity (Wildman–Crippen MR) is 78.5 cm³/mol. The molecular weight excluding hydrogens is 254 g/mol. The summed E-state index contributed by atoms with van der Waals surface area (Å²) in [5.74, 6) is 0.0526. The van der Waals surface area contributed by atoms with Crippen LogP contribution in [0, 0.1) is 0 Å². The van der Waals surface area contributed by atoms with Crippen molar-refractivity contribution in [2.45, 2.75) is 82.3 Å². The van der Waals surface area contributed by atoms with Crippen molar-refractivity contribution < 1.29 is 14.6 Å². The number of hydrogen-bond donors (Lipinski definition) is 2. The number of carbonyl (C=O) groups excluding carboxylic acids is 1. The normalized spacial score (nSPS) is 26.8. The standard InChI is InChI=1S/C16H29NO3/c18-15(9-8-14-7-3-6-12-20-14)17-13-16(19)10-4-1-2-5-11-16/h14,19H,1-13H2,(H,17,18). The fraction of sp³-hybridized carbons (Fsp3) is 0.938. The molecule has 0 spiro atoms. The lowest BCUT2D eigenvalue weighted by molar-refractivity contribution is -0.123. The van der Waals surface area contributed by atoms with Crippen molar-refractivity contribution >= 4 is 5.91 Å². The highest BCUT2D eigenvalue weighted by Gasteiger charge is 2.28. The largest absolute Gasteiger partial charge is 0.388 e. The number of aliphatic hydroxyl groups is 1. The highest BCUT2D eigenvalue weighted by molar-refractivity contribution is 5.75. The fourth-order valence-electron chi connectivity index (χ4n) is 3.24. The Hall–Kier alpha value is -0.610. The van der Waals surface area contributed by atoms with Gasteiger partial charge in [0.15, 0.2) is 0 Å². The van der Waals surface area contributed by atoms with E-state index in [1.54, 1.807) is 0 Å². The van der Waals surface area contributed by atoms with Crippen LogP contribution in [0.3, 0.4) is 0 Å². The number of ether oxygens (including phenoxy) is 1. The van der Waals surface area contributed by atoms with Crippen molar-refractivity contribution in [3.05, 3.63) is 0 Å². The topological polar surface area (TPSA) is 58.6 Å². The van der Waals surface area contributed by atoms with E-state index >= 15 is 0 Å². The van der Waals surface area contributed by atoms with Crippen LogP contribution in [-0.2, 0) is 9.53 Å². The zero-order valence-electron chi connectivity index (χ0n) is 12.5. The van der Waals surface area contributed by atoms with Gasteiger partial charge in [-0.05, 0) is 38.5 Å². The van der Waals surface area contributed by atoms with Gasteiger partial charge in [0.1, 0.15) is 0 Å². The Morgan fingerprint density at radius 2 is 1.90 bits per heavy atom. The van der Waals surface area contributed by atoms with Gasteiger partial charge in [0.25, 0.3) is 0 Å². The molecule has 1 saturated heterocycles. The molecule has 1 atom stereocenters. The summed E-state index contributed by atoms with van der Waals surface area (Å²) in [6.07, 6.45) is 11.2. The smallest absolute Gasteiger partial charge is 0.220 e. The molecule has 2 N–H and O–H groups in total. The van der Waals surface area contributed by atoms with E-state index in [1.165, 1.54) is 19.3 Å². The van der Waals surface area contributed by atoms with E-state index in [1.807, 2.05) is 0 Å². The van der Waals surface area contributed by atoms with Crippen molar-refractivity contribution in [3.63, 3.8) is 0 Å². The maximum atomic E-state index is 11.9. The summed E-state index contributed by atoms with van der Waals surface area (Å²) in [6, 6.07) is 0. The van der Waals surface area contributed by atoms with Crippen molar-refractivity contribution in [2.75, 3.05) is 13.2 Å². The van der Waals surface area contributed by atoms with Gasteiger partial charge in [0.05, 0.1) is 11.7 Å². The molecule has 2 rings (SSSR count). The molecule has 2 fully saturated rings. The molecule has 116 valence electrons. The van der Waals surface area contributed by atoms with Gasteiger partial charge in [-0.15, -0.1) is 0 Å². The Morgan fingerprint density at radius 1 is 1.15 bits per heavy atom. The predicted octanol–water partition coefficient (Wildman–Crippen LogP) is 2.54. The number of amides is 1. The summed E-state index contributed by atoms with van der Waals surface area (Å²) in [5, 5.41) is 13.4. The van der Waals surface area contributed by atoms with Crippen LogP contribution >= 0.6 is 0 Å². The van der Waals surface area contributed by atoms with Crippen LogP contribution in [0.2, 0.25) is 0 Å². The molecule has 1 heterocycles. The first kappa shape index (κ1) is 15.8. The van der Waals surface area contributed by atoms with Gasteiger partial charge >= 0.3 is 0 Å². The molecule has 0 aromatic rings. The van der Waals surface area contributed by atoms with Gasteiger partial charge in [-0.1, -0.05) is 25.7 Å². The zero-order chi connectivity index (χ0) is 14.3. The molecule has 0 aromatic carbocycles. The molecule has 2 aliphatic rings. The first-order chi connectivity index (χ1) is 9.68. The van der Waals surface area contributed by atoms with Crippen molar-refractivity contribution in [1.82, 2.24) is 5.32 Å². The summed E-state index contributed by atoms with van der Waals surface area (Å²) in [5.41, 5.74) is -0.673. The van der Waals surface area contributed by atoms with Crippen LogP contribution in [0.5, 0.6) is 0 Å². The van der Waals surface area contributed by atoms with Gasteiger partial charge in [-0.25, -0.2) is 0 Å². The fourth-order valence-corrected chi connectivity index (χ4v) is 3.24. The van der Waals surface area contributed by atoms with E-state index in [4.69, 9.17) is 4.74 Å². The Kier molecular flexibility index (Phi) is 6.30. The molecule has 0 aromatic heterocycles. The maximum Gasteiger partial charge on any atom is 0.220 e. The van der Waals surface area contributed by atoms with Crippen LogP contribution in [0.15, 0.2) is 0 Å². The second-order valence-corrected chi connectivity index (χ2v) is 6.44. The SMILES string of the molecule is O=C(CCC1CCCCO1)NCC1(O)CCCCCC1. The number of rotatable bonds is 5. The third kappa shape index (κ3) is 5.41. The van der Waals surface area contributed by atoms with Crippen molar-refractivity contribution in [2.24, 2.45) is 0 Å². The van der Waals surface area contributed by atoms with E-state index in [9.17, 15) is 9.90 Å². The summed E-state index contributed by atoms with van der Waals surface area (Å²) in [6.45, 7) is 1.25. The first-order valence-electron chi connectivity index (χ1n) is 8.29. The molecule has 1 aliphatic heterocycles. The molecule has 1 amide bonds.